The van der Waals surface area contributed by atoms with Crippen molar-refractivity contribution in [2.45, 2.75) is 12.3 Å². The highest BCUT2D eigenvalue weighted by Crippen LogP contribution is 2.37. The molecule has 17 heavy (non-hydrogen) atoms. The van der Waals surface area contributed by atoms with Crippen LogP contribution in [-0.4, -0.2) is 16.0 Å². The number of benzene rings is 1. The lowest BCUT2D eigenvalue weighted by atomic mass is 10.0. The number of hydrogen-bond acceptors (Lipinski definition) is 3. The van der Waals surface area contributed by atoms with Gasteiger partial charge in [-0.15, -0.1) is 0 Å². The molecule has 1 aromatic carbocycles. The third kappa shape index (κ3) is 2.92. The first-order chi connectivity index (χ1) is 7.74. The summed E-state index contributed by atoms with van der Waals surface area (Å²) in [7, 11) is 0. The number of nitro benzene ring substituents is 1. The number of nitro groups is 1. The summed E-state index contributed by atoms with van der Waals surface area (Å²) in [6.45, 7) is 0. The quantitative estimate of drug-likeness (QED) is 0.655. The van der Waals surface area contributed by atoms with E-state index < -0.39 is 40.3 Å². The Bertz CT molecular complexity index is 475. The molecule has 0 aliphatic rings. The Labute approximate surface area is 92.6 Å². The van der Waals surface area contributed by atoms with Crippen LogP contribution in [0, 0.1) is 15.9 Å². The average molecular weight is 249 g/mol. The fraction of sp³-hybridized carbons (Fsp3) is 0.222. The molecular weight excluding hydrogens is 243 g/mol. The summed E-state index contributed by atoms with van der Waals surface area (Å²) in [5.41, 5.74) is -2.26. The molecule has 0 unspecified atom stereocenters. The van der Waals surface area contributed by atoms with Crippen LogP contribution in [0.4, 0.5) is 18.9 Å². The van der Waals surface area contributed by atoms with Gasteiger partial charge in [0.05, 0.1) is 4.92 Å². The van der Waals surface area contributed by atoms with E-state index in [-0.39, 0.29) is 6.07 Å². The number of carboxylic acids is 1. The van der Waals surface area contributed by atoms with Crippen LogP contribution in [0.25, 0.3) is 0 Å². The Hall–Kier alpha value is -2.12. The second-order valence-corrected chi connectivity index (χ2v) is 3.19. The van der Waals surface area contributed by atoms with Crippen LogP contribution in [0.5, 0.6) is 0 Å². The Morgan fingerprint density at radius 3 is 2.53 bits per heavy atom. The van der Waals surface area contributed by atoms with Gasteiger partial charge in [-0.1, -0.05) is 0 Å². The van der Waals surface area contributed by atoms with Gasteiger partial charge >= 0.3 is 5.97 Å². The molecule has 0 atom stereocenters. The fourth-order valence-electron chi connectivity index (χ4n) is 1.25. The minimum absolute atomic E-state index is 0.265. The molecule has 0 heterocycles. The Morgan fingerprint density at radius 1 is 1.47 bits per heavy atom. The molecular formula is C9H6F3NO4. The third-order valence-electron chi connectivity index (χ3n) is 1.92. The van der Waals surface area contributed by atoms with Crippen LogP contribution in [0.3, 0.4) is 0 Å². The van der Waals surface area contributed by atoms with Crippen molar-refractivity contribution in [3.05, 3.63) is 39.7 Å². The van der Waals surface area contributed by atoms with Crippen molar-refractivity contribution < 1.29 is 28.0 Å². The second kappa shape index (κ2) is 4.40. The zero-order chi connectivity index (χ0) is 13.2. The van der Waals surface area contributed by atoms with Crippen molar-refractivity contribution in [1.29, 1.82) is 0 Å². The Balaban J connectivity index is 3.32. The van der Waals surface area contributed by atoms with E-state index in [0.717, 1.165) is 0 Å². The van der Waals surface area contributed by atoms with Crippen LogP contribution >= 0.6 is 0 Å². The summed E-state index contributed by atoms with van der Waals surface area (Å²) in [5.74, 6) is -6.94. The molecule has 92 valence electrons. The molecule has 0 spiro atoms. The molecule has 0 aliphatic carbocycles. The van der Waals surface area contributed by atoms with Gasteiger partial charge in [0.1, 0.15) is 17.8 Å². The van der Waals surface area contributed by atoms with Gasteiger partial charge in [0.2, 0.25) is 0 Å². The molecule has 0 saturated heterocycles. The van der Waals surface area contributed by atoms with E-state index >= 15 is 0 Å². The van der Waals surface area contributed by atoms with Crippen LogP contribution < -0.4 is 0 Å². The van der Waals surface area contributed by atoms with E-state index in [0.29, 0.717) is 12.1 Å². The zero-order valence-corrected chi connectivity index (χ0v) is 8.19. The maximum absolute atomic E-state index is 13.4. The molecule has 1 aromatic rings. The Kier molecular flexibility index (Phi) is 3.35. The summed E-state index contributed by atoms with van der Waals surface area (Å²) in [6.07, 6.45) is -1.64. The number of aliphatic carboxylic acids is 1. The van der Waals surface area contributed by atoms with Crippen molar-refractivity contribution in [2.24, 2.45) is 0 Å². The highest BCUT2D eigenvalue weighted by Gasteiger charge is 2.40. The van der Waals surface area contributed by atoms with Gasteiger partial charge in [-0.2, -0.15) is 0 Å². The lowest BCUT2D eigenvalue weighted by Gasteiger charge is -2.14. The molecule has 0 fully saturated rings. The zero-order valence-electron chi connectivity index (χ0n) is 8.19. The molecule has 0 aromatic heterocycles. The van der Waals surface area contributed by atoms with Gasteiger partial charge in [-0.25, -0.2) is 13.2 Å². The van der Waals surface area contributed by atoms with Gasteiger partial charge in [-0.3, -0.25) is 14.9 Å². The van der Waals surface area contributed by atoms with Crippen molar-refractivity contribution in [3.63, 3.8) is 0 Å². The van der Waals surface area contributed by atoms with Gasteiger partial charge in [0.25, 0.3) is 11.6 Å². The topological polar surface area (TPSA) is 80.4 Å². The maximum atomic E-state index is 13.4. The number of halogens is 3. The van der Waals surface area contributed by atoms with Crippen LogP contribution in [0.2, 0.25) is 0 Å². The lowest BCUT2D eigenvalue weighted by Crippen LogP contribution is -2.20. The van der Waals surface area contributed by atoms with Crippen LogP contribution in [-0.2, 0) is 10.7 Å². The van der Waals surface area contributed by atoms with Gasteiger partial charge in [0.15, 0.2) is 0 Å². The number of carboxylic acid groups (broad SMARTS) is 1. The fourth-order valence-corrected chi connectivity index (χ4v) is 1.25. The van der Waals surface area contributed by atoms with Crippen molar-refractivity contribution in [1.82, 2.24) is 0 Å². The number of rotatable bonds is 4. The first kappa shape index (κ1) is 12.9. The number of hydrogen-bond donors (Lipinski definition) is 1. The van der Waals surface area contributed by atoms with Crippen molar-refractivity contribution >= 4 is 11.7 Å². The summed E-state index contributed by atoms with van der Waals surface area (Å²) in [5, 5.41) is 18.7. The molecule has 0 radical (unpaired) electrons. The second-order valence-electron chi connectivity index (χ2n) is 3.19. The van der Waals surface area contributed by atoms with Crippen LogP contribution in [0.15, 0.2) is 18.2 Å². The number of alkyl halides is 2. The monoisotopic (exact) mass is 249 g/mol. The average Bonchev–Trinajstić information content (AvgIpc) is 2.14. The molecule has 1 rings (SSSR count). The van der Waals surface area contributed by atoms with E-state index in [1.807, 2.05) is 0 Å². The first-order valence-electron chi connectivity index (χ1n) is 4.28. The van der Waals surface area contributed by atoms with Gasteiger partial charge in [-0.05, 0) is 12.1 Å². The van der Waals surface area contributed by atoms with Crippen molar-refractivity contribution in [2.75, 3.05) is 0 Å². The van der Waals surface area contributed by atoms with E-state index in [9.17, 15) is 28.1 Å². The SMILES string of the molecule is O=C(O)CC(F)(F)c1cc(F)ccc1[N+](=O)[O-]. The summed E-state index contributed by atoms with van der Waals surface area (Å²) < 4.78 is 39.5. The highest BCUT2D eigenvalue weighted by molar-refractivity contribution is 5.68. The highest BCUT2D eigenvalue weighted by atomic mass is 19.3. The predicted molar refractivity (Wildman–Crippen MR) is 49.2 cm³/mol. The minimum atomic E-state index is -4.00. The molecule has 5 nitrogen and oxygen atoms in total. The predicted octanol–water partition coefficient (Wildman–Crippen LogP) is 2.30. The number of carbonyl (C=O) groups is 1. The van der Waals surface area contributed by atoms with Crippen molar-refractivity contribution in [3.8, 4) is 0 Å². The normalized spacial score (nSPS) is 11.2. The molecule has 0 aliphatic heterocycles. The standard InChI is InChI=1S/C9H6F3NO4/c10-5-1-2-7(13(16)17)6(3-5)9(11,12)4-8(14)15/h1-3H,4H2,(H,14,15). The van der Waals surface area contributed by atoms with Gasteiger partial charge in [0, 0.05) is 6.07 Å². The molecule has 0 bridgehead atoms. The minimum Gasteiger partial charge on any atom is -0.481 e. The first-order valence-corrected chi connectivity index (χ1v) is 4.28. The maximum Gasteiger partial charge on any atom is 0.309 e. The third-order valence-corrected chi connectivity index (χ3v) is 1.92. The van der Waals surface area contributed by atoms with E-state index in [2.05, 4.69) is 0 Å². The summed E-state index contributed by atoms with van der Waals surface area (Å²) in [6, 6.07) is 1.49. The van der Waals surface area contributed by atoms with E-state index in [1.54, 1.807) is 0 Å². The molecule has 8 heteroatoms. The Morgan fingerprint density at radius 2 is 2.06 bits per heavy atom. The molecule has 0 saturated carbocycles. The summed E-state index contributed by atoms with van der Waals surface area (Å²) in [4.78, 5) is 19.6. The summed E-state index contributed by atoms with van der Waals surface area (Å²) >= 11 is 0. The smallest absolute Gasteiger partial charge is 0.309 e. The van der Waals surface area contributed by atoms with Gasteiger partial charge < -0.3 is 5.11 Å². The van der Waals surface area contributed by atoms with Crippen LogP contribution in [0.1, 0.15) is 12.0 Å². The number of nitrogens with zero attached hydrogens (tertiary/aromatic N) is 1. The molecule has 1 N–H and O–H groups in total. The molecule has 0 amide bonds. The largest absolute Gasteiger partial charge is 0.481 e. The van der Waals surface area contributed by atoms with E-state index in [1.165, 1.54) is 0 Å². The van der Waals surface area contributed by atoms with E-state index in [4.69, 9.17) is 5.11 Å². The lowest BCUT2D eigenvalue weighted by molar-refractivity contribution is -0.387.